The lowest BCUT2D eigenvalue weighted by Crippen LogP contribution is -2.33. The van der Waals surface area contributed by atoms with Gasteiger partial charge in [0.1, 0.15) is 11.9 Å². The number of benzene rings is 1. The average Bonchev–Trinajstić information content (AvgIpc) is 2.28. The largest absolute Gasteiger partial charge is 0.489 e. The first-order valence-electron chi connectivity index (χ1n) is 6.74. The molecule has 0 aromatic heterocycles. The molecule has 2 nitrogen and oxygen atoms in total. The minimum Gasteiger partial charge on any atom is -0.489 e. The summed E-state index contributed by atoms with van der Waals surface area (Å²) in [5.74, 6) is 1.66. The molecule has 0 fully saturated rings. The second kappa shape index (κ2) is 8.75. The highest BCUT2D eigenvalue weighted by atomic mass is 127. The molecule has 0 bridgehead atoms. The zero-order valence-corrected chi connectivity index (χ0v) is 13.7. The van der Waals surface area contributed by atoms with Gasteiger partial charge in [0, 0.05) is 10.1 Å². The van der Waals surface area contributed by atoms with Gasteiger partial charge in [-0.05, 0) is 59.7 Å². The quantitative estimate of drug-likeness (QED) is 0.705. The molecule has 0 radical (unpaired) electrons. The molecule has 0 aliphatic rings. The van der Waals surface area contributed by atoms with E-state index in [2.05, 4.69) is 60.8 Å². The smallest absolute Gasteiger partial charge is 0.120 e. The maximum absolute atomic E-state index is 6.05. The molecule has 3 heteroatoms. The molecule has 0 heterocycles. The van der Waals surface area contributed by atoms with Gasteiger partial charge in [0.25, 0.3) is 0 Å². The zero-order valence-electron chi connectivity index (χ0n) is 11.6. The average molecular weight is 361 g/mol. The standard InChI is InChI=1S/C15H24INO/c1-4-6-15(11-17-10-12(2)3)18-14-8-5-7-13(16)9-14/h5,7-9,12,15,17H,4,6,10-11H2,1-3H3. The van der Waals surface area contributed by atoms with E-state index < -0.39 is 0 Å². The van der Waals surface area contributed by atoms with Crippen LogP contribution in [0.4, 0.5) is 0 Å². The van der Waals surface area contributed by atoms with Gasteiger partial charge in [0.15, 0.2) is 0 Å². The van der Waals surface area contributed by atoms with Crippen LogP contribution < -0.4 is 10.1 Å². The highest BCUT2D eigenvalue weighted by Crippen LogP contribution is 2.17. The van der Waals surface area contributed by atoms with Crippen molar-refractivity contribution in [3.8, 4) is 5.75 Å². The van der Waals surface area contributed by atoms with Crippen LogP contribution in [-0.4, -0.2) is 19.2 Å². The molecule has 1 unspecified atom stereocenters. The van der Waals surface area contributed by atoms with Crippen molar-refractivity contribution >= 4 is 22.6 Å². The lowest BCUT2D eigenvalue weighted by atomic mass is 10.2. The van der Waals surface area contributed by atoms with Gasteiger partial charge >= 0.3 is 0 Å². The van der Waals surface area contributed by atoms with Gasteiger partial charge in [-0.15, -0.1) is 0 Å². The van der Waals surface area contributed by atoms with Gasteiger partial charge in [-0.25, -0.2) is 0 Å². The molecule has 0 saturated heterocycles. The van der Waals surface area contributed by atoms with Crippen molar-refractivity contribution < 1.29 is 4.74 Å². The van der Waals surface area contributed by atoms with Gasteiger partial charge in [0.05, 0.1) is 0 Å². The minimum absolute atomic E-state index is 0.270. The van der Waals surface area contributed by atoms with Crippen molar-refractivity contribution in [2.24, 2.45) is 5.92 Å². The second-order valence-corrected chi connectivity index (χ2v) is 6.28. The molecule has 18 heavy (non-hydrogen) atoms. The van der Waals surface area contributed by atoms with Gasteiger partial charge in [0.2, 0.25) is 0 Å². The lowest BCUT2D eigenvalue weighted by molar-refractivity contribution is 0.185. The van der Waals surface area contributed by atoms with Crippen molar-refractivity contribution in [3.05, 3.63) is 27.8 Å². The maximum Gasteiger partial charge on any atom is 0.120 e. The highest BCUT2D eigenvalue weighted by Gasteiger charge is 2.09. The SMILES string of the molecule is CCCC(CNCC(C)C)Oc1cccc(I)c1. The Morgan fingerprint density at radius 3 is 2.67 bits per heavy atom. The number of rotatable bonds is 8. The summed E-state index contributed by atoms with van der Waals surface area (Å²) >= 11 is 2.32. The maximum atomic E-state index is 6.05. The van der Waals surface area contributed by atoms with Crippen LogP contribution in [0, 0.1) is 9.49 Å². The van der Waals surface area contributed by atoms with E-state index in [-0.39, 0.29) is 6.10 Å². The molecule has 0 spiro atoms. The second-order valence-electron chi connectivity index (χ2n) is 5.04. The first-order chi connectivity index (χ1) is 8.61. The number of hydrogen-bond donors (Lipinski definition) is 1. The molecule has 102 valence electrons. The topological polar surface area (TPSA) is 21.3 Å². The normalized spacial score (nSPS) is 12.7. The molecule has 1 atom stereocenters. The molecule has 1 N–H and O–H groups in total. The van der Waals surface area contributed by atoms with E-state index in [1.807, 2.05) is 12.1 Å². The predicted octanol–water partition coefficient (Wildman–Crippen LogP) is 4.08. The van der Waals surface area contributed by atoms with E-state index in [0.717, 1.165) is 31.7 Å². The van der Waals surface area contributed by atoms with Gasteiger partial charge in [-0.3, -0.25) is 0 Å². The summed E-state index contributed by atoms with van der Waals surface area (Å²) in [4.78, 5) is 0. The van der Waals surface area contributed by atoms with E-state index in [1.165, 1.54) is 3.57 Å². The van der Waals surface area contributed by atoms with E-state index in [0.29, 0.717) is 5.92 Å². The molecule has 0 aliphatic carbocycles. The van der Waals surface area contributed by atoms with E-state index in [9.17, 15) is 0 Å². The lowest BCUT2D eigenvalue weighted by Gasteiger charge is -2.20. The van der Waals surface area contributed by atoms with Gasteiger partial charge in [-0.2, -0.15) is 0 Å². The van der Waals surface area contributed by atoms with Crippen LogP contribution in [0.2, 0.25) is 0 Å². The summed E-state index contributed by atoms with van der Waals surface area (Å²) in [6.45, 7) is 8.63. The number of hydrogen-bond acceptors (Lipinski definition) is 2. The van der Waals surface area contributed by atoms with Crippen molar-refractivity contribution in [2.75, 3.05) is 13.1 Å². The first kappa shape index (κ1) is 15.8. The first-order valence-corrected chi connectivity index (χ1v) is 7.82. The zero-order chi connectivity index (χ0) is 13.4. The van der Waals surface area contributed by atoms with Crippen LogP contribution >= 0.6 is 22.6 Å². The molecule has 0 amide bonds. The molecule has 1 aromatic carbocycles. The van der Waals surface area contributed by atoms with Crippen LogP contribution in [0.5, 0.6) is 5.75 Å². The van der Waals surface area contributed by atoms with Crippen LogP contribution in [-0.2, 0) is 0 Å². The third kappa shape index (κ3) is 6.59. The van der Waals surface area contributed by atoms with Crippen LogP contribution in [0.25, 0.3) is 0 Å². The minimum atomic E-state index is 0.270. The Bertz CT molecular complexity index is 341. The summed E-state index contributed by atoms with van der Waals surface area (Å²) in [5.41, 5.74) is 0. The fourth-order valence-corrected chi connectivity index (χ4v) is 2.30. The van der Waals surface area contributed by atoms with Crippen molar-refractivity contribution in [2.45, 2.75) is 39.7 Å². The van der Waals surface area contributed by atoms with Crippen molar-refractivity contribution in [3.63, 3.8) is 0 Å². The Hall–Kier alpha value is -0.290. The van der Waals surface area contributed by atoms with Crippen LogP contribution in [0.1, 0.15) is 33.6 Å². The van der Waals surface area contributed by atoms with Gasteiger partial charge < -0.3 is 10.1 Å². The number of ether oxygens (including phenoxy) is 1. The van der Waals surface area contributed by atoms with Crippen molar-refractivity contribution in [1.29, 1.82) is 0 Å². The molecule has 1 aromatic rings. The molecular weight excluding hydrogens is 337 g/mol. The molecule has 1 rings (SSSR count). The Morgan fingerprint density at radius 1 is 1.28 bits per heavy atom. The van der Waals surface area contributed by atoms with Crippen LogP contribution in [0.3, 0.4) is 0 Å². The fraction of sp³-hybridized carbons (Fsp3) is 0.600. The summed E-state index contributed by atoms with van der Waals surface area (Å²) in [5, 5.41) is 3.48. The predicted molar refractivity (Wildman–Crippen MR) is 86.2 cm³/mol. The Balaban J connectivity index is 2.46. The summed E-state index contributed by atoms with van der Waals surface area (Å²) in [7, 11) is 0. The summed E-state index contributed by atoms with van der Waals surface area (Å²) in [6.07, 6.45) is 2.51. The monoisotopic (exact) mass is 361 g/mol. The third-order valence-corrected chi connectivity index (χ3v) is 3.31. The Labute approximate surface area is 125 Å². The van der Waals surface area contributed by atoms with E-state index in [4.69, 9.17) is 4.74 Å². The summed E-state index contributed by atoms with van der Waals surface area (Å²) in [6, 6.07) is 8.25. The Morgan fingerprint density at radius 2 is 2.06 bits per heavy atom. The van der Waals surface area contributed by atoms with Gasteiger partial charge in [-0.1, -0.05) is 33.3 Å². The number of halogens is 1. The third-order valence-electron chi connectivity index (χ3n) is 2.63. The highest BCUT2D eigenvalue weighted by molar-refractivity contribution is 14.1. The fourth-order valence-electron chi connectivity index (χ4n) is 1.79. The Kier molecular flexibility index (Phi) is 7.66. The summed E-state index contributed by atoms with van der Waals surface area (Å²) < 4.78 is 7.27. The molecule has 0 aliphatic heterocycles. The molecule has 0 saturated carbocycles. The van der Waals surface area contributed by atoms with E-state index in [1.54, 1.807) is 0 Å². The van der Waals surface area contributed by atoms with Crippen LogP contribution in [0.15, 0.2) is 24.3 Å². The molecular formula is C15H24INO. The van der Waals surface area contributed by atoms with E-state index >= 15 is 0 Å². The number of nitrogens with one attached hydrogen (secondary N) is 1. The van der Waals surface area contributed by atoms with Crippen molar-refractivity contribution in [1.82, 2.24) is 5.32 Å².